The summed E-state index contributed by atoms with van der Waals surface area (Å²) in [5.41, 5.74) is 1.68. The Morgan fingerprint density at radius 3 is 2.73 bits per heavy atom. The Labute approximate surface area is 172 Å². The molecule has 8 heteroatoms. The number of amides is 1. The highest BCUT2D eigenvalue weighted by molar-refractivity contribution is 6.10. The predicted octanol–water partition coefficient (Wildman–Crippen LogP) is 4.72. The van der Waals surface area contributed by atoms with Gasteiger partial charge in [-0.2, -0.15) is 5.26 Å². The molecule has 3 aromatic rings. The van der Waals surface area contributed by atoms with Gasteiger partial charge >= 0.3 is 0 Å². The summed E-state index contributed by atoms with van der Waals surface area (Å²) in [5, 5.41) is 23.0. The molecule has 30 heavy (non-hydrogen) atoms. The van der Waals surface area contributed by atoms with Crippen LogP contribution >= 0.6 is 0 Å². The molecule has 1 N–H and O–H groups in total. The summed E-state index contributed by atoms with van der Waals surface area (Å²) in [6.07, 6.45) is 1.30. The number of ether oxygens (including phenoxy) is 1. The van der Waals surface area contributed by atoms with E-state index in [-0.39, 0.29) is 17.0 Å². The van der Waals surface area contributed by atoms with Gasteiger partial charge < -0.3 is 14.5 Å². The van der Waals surface area contributed by atoms with Crippen molar-refractivity contribution in [1.82, 2.24) is 0 Å². The molecule has 0 unspecified atom stereocenters. The van der Waals surface area contributed by atoms with Gasteiger partial charge in [0.05, 0.1) is 17.7 Å². The molecule has 0 bridgehead atoms. The maximum atomic E-state index is 12.5. The van der Waals surface area contributed by atoms with Gasteiger partial charge in [0.2, 0.25) is 0 Å². The highest BCUT2D eigenvalue weighted by Crippen LogP contribution is 2.28. The van der Waals surface area contributed by atoms with Gasteiger partial charge in [-0.3, -0.25) is 14.9 Å². The molecule has 150 valence electrons. The van der Waals surface area contributed by atoms with Crippen LogP contribution in [0.3, 0.4) is 0 Å². The van der Waals surface area contributed by atoms with Gasteiger partial charge in [-0.1, -0.05) is 18.2 Å². The first-order valence-corrected chi connectivity index (χ1v) is 8.83. The number of benzene rings is 2. The molecular weight excluding hydrogens is 386 g/mol. The fourth-order valence-electron chi connectivity index (χ4n) is 2.74. The second-order valence-corrected chi connectivity index (χ2v) is 6.34. The third-order valence-electron chi connectivity index (χ3n) is 4.23. The molecule has 0 aliphatic carbocycles. The minimum absolute atomic E-state index is 0.0647. The van der Waals surface area contributed by atoms with Crippen LogP contribution in [0.1, 0.15) is 11.3 Å². The first-order valence-electron chi connectivity index (χ1n) is 8.83. The molecule has 0 saturated carbocycles. The van der Waals surface area contributed by atoms with Crippen LogP contribution in [0.5, 0.6) is 5.75 Å². The molecule has 3 rings (SSSR count). The summed E-state index contributed by atoms with van der Waals surface area (Å²) in [5.74, 6) is 0.501. The van der Waals surface area contributed by atoms with Crippen molar-refractivity contribution < 1.29 is 18.9 Å². The van der Waals surface area contributed by atoms with Gasteiger partial charge in [0, 0.05) is 23.8 Å². The summed E-state index contributed by atoms with van der Waals surface area (Å²) < 4.78 is 10.9. The number of anilines is 1. The van der Waals surface area contributed by atoms with Crippen LogP contribution < -0.4 is 10.1 Å². The highest BCUT2D eigenvalue weighted by atomic mass is 16.6. The topological polar surface area (TPSA) is 118 Å². The second-order valence-electron chi connectivity index (χ2n) is 6.34. The SMILES string of the molecule is COc1cc(C)ccc1NC(=O)/C(C#N)=C\c1ccc(-c2cccc([N+](=O)[O-])c2)o1. The molecule has 0 atom stereocenters. The van der Waals surface area contributed by atoms with E-state index < -0.39 is 10.8 Å². The van der Waals surface area contributed by atoms with Gasteiger partial charge in [-0.15, -0.1) is 0 Å². The van der Waals surface area contributed by atoms with Crippen LogP contribution in [0.25, 0.3) is 17.4 Å². The molecule has 0 aliphatic heterocycles. The number of methoxy groups -OCH3 is 1. The monoisotopic (exact) mass is 403 g/mol. The number of non-ortho nitro benzene ring substituents is 1. The maximum Gasteiger partial charge on any atom is 0.270 e. The quantitative estimate of drug-likeness (QED) is 0.275. The van der Waals surface area contributed by atoms with Crippen LogP contribution in [0, 0.1) is 28.4 Å². The molecule has 1 amide bonds. The Hall–Kier alpha value is -4.38. The zero-order valence-electron chi connectivity index (χ0n) is 16.2. The fraction of sp³-hybridized carbons (Fsp3) is 0.0909. The maximum absolute atomic E-state index is 12.5. The van der Waals surface area contributed by atoms with E-state index in [1.165, 1.54) is 25.3 Å². The van der Waals surface area contributed by atoms with Crippen LogP contribution in [-0.4, -0.2) is 17.9 Å². The van der Waals surface area contributed by atoms with Crippen molar-refractivity contribution in [3.8, 4) is 23.1 Å². The highest BCUT2D eigenvalue weighted by Gasteiger charge is 2.14. The fourth-order valence-corrected chi connectivity index (χ4v) is 2.74. The molecule has 0 saturated heterocycles. The van der Waals surface area contributed by atoms with E-state index in [4.69, 9.17) is 9.15 Å². The van der Waals surface area contributed by atoms with Crippen molar-refractivity contribution in [3.05, 3.63) is 81.6 Å². The van der Waals surface area contributed by atoms with Crippen molar-refractivity contribution in [2.24, 2.45) is 0 Å². The predicted molar refractivity (Wildman–Crippen MR) is 111 cm³/mol. The smallest absolute Gasteiger partial charge is 0.270 e. The van der Waals surface area contributed by atoms with E-state index in [2.05, 4.69) is 5.32 Å². The van der Waals surface area contributed by atoms with Gasteiger partial charge in [0.25, 0.3) is 11.6 Å². The Morgan fingerprint density at radius 2 is 2.03 bits per heavy atom. The third-order valence-corrected chi connectivity index (χ3v) is 4.23. The lowest BCUT2D eigenvalue weighted by atomic mass is 10.1. The Kier molecular flexibility index (Phi) is 5.94. The van der Waals surface area contributed by atoms with E-state index in [1.54, 1.807) is 36.4 Å². The number of furan rings is 1. The normalized spacial score (nSPS) is 10.9. The minimum Gasteiger partial charge on any atom is -0.495 e. The molecule has 0 radical (unpaired) electrons. The number of carbonyl (C=O) groups excluding carboxylic acids is 1. The number of carbonyl (C=O) groups is 1. The lowest BCUT2D eigenvalue weighted by Crippen LogP contribution is -2.14. The summed E-state index contributed by atoms with van der Waals surface area (Å²) in [6.45, 7) is 1.89. The number of hydrogen-bond acceptors (Lipinski definition) is 6. The van der Waals surface area contributed by atoms with Crippen molar-refractivity contribution in [2.75, 3.05) is 12.4 Å². The van der Waals surface area contributed by atoms with E-state index >= 15 is 0 Å². The molecule has 0 aliphatic rings. The average Bonchev–Trinajstić information content (AvgIpc) is 3.22. The number of nitro groups is 1. The largest absolute Gasteiger partial charge is 0.495 e. The van der Waals surface area contributed by atoms with E-state index in [0.717, 1.165) is 5.56 Å². The second kappa shape index (κ2) is 8.75. The number of nitrogens with one attached hydrogen (secondary N) is 1. The Balaban J connectivity index is 1.83. The van der Waals surface area contributed by atoms with Crippen molar-refractivity contribution in [1.29, 1.82) is 5.26 Å². The zero-order valence-corrected chi connectivity index (χ0v) is 16.2. The zero-order chi connectivity index (χ0) is 21.7. The number of hydrogen-bond donors (Lipinski definition) is 1. The average molecular weight is 403 g/mol. The molecule has 1 aromatic heterocycles. The van der Waals surface area contributed by atoms with Crippen LogP contribution in [0.2, 0.25) is 0 Å². The van der Waals surface area contributed by atoms with E-state index in [0.29, 0.717) is 22.8 Å². The van der Waals surface area contributed by atoms with E-state index in [1.807, 2.05) is 19.1 Å². The molecular formula is C22H17N3O5. The van der Waals surface area contributed by atoms with Crippen molar-refractivity contribution in [2.45, 2.75) is 6.92 Å². The lowest BCUT2D eigenvalue weighted by molar-refractivity contribution is -0.384. The van der Waals surface area contributed by atoms with Gasteiger partial charge in [0.1, 0.15) is 28.9 Å². The lowest BCUT2D eigenvalue weighted by Gasteiger charge is -2.10. The van der Waals surface area contributed by atoms with Gasteiger partial charge in [0.15, 0.2) is 0 Å². The van der Waals surface area contributed by atoms with Gasteiger partial charge in [-0.25, -0.2) is 0 Å². The number of nitrogens with zero attached hydrogens (tertiary/aromatic N) is 2. The summed E-state index contributed by atoms with van der Waals surface area (Å²) in [7, 11) is 1.49. The number of nitriles is 1. The Morgan fingerprint density at radius 1 is 1.23 bits per heavy atom. The first kappa shape index (κ1) is 20.4. The summed E-state index contributed by atoms with van der Waals surface area (Å²) in [4.78, 5) is 23.0. The minimum atomic E-state index is -0.618. The first-order chi connectivity index (χ1) is 14.4. The van der Waals surface area contributed by atoms with E-state index in [9.17, 15) is 20.2 Å². The summed E-state index contributed by atoms with van der Waals surface area (Å²) >= 11 is 0. The molecule has 8 nitrogen and oxygen atoms in total. The van der Waals surface area contributed by atoms with Crippen molar-refractivity contribution in [3.63, 3.8) is 0 Å². The molecule has 0 fully saturated rings. The molecule has 2 aromatic carbocycles. The molecule has 0 spiro atoms. The number of rotatable bonds is 6. The van der Waals surface area contributed by atoms with Crippen LogP contribution in [-0.2, 0) is 4.79 Å². The van der Waals surface area contributed by atoms with Crippen LogP contribution in [0.15, 0.2) is 64.6 Å². The number of nitro benzene ring substituents is 1. The van der Waals surface area contributed by atoms with Crippen LogP contribution in [0.4, 0.5) is 11.4 Å². The van der Waals surface area contributed by atoms with Gasteiger partial charge in [-0.05, 0) is 36.8 Å². The standard InChI is InChI=1S/C22H17N3O5/c1-14-6-8-19(21(10-14)29-2)24-22(26)16(13-23)12-18-7-9-20(30-18)15-4-3-5-17(11-15)25(27)28/h3-12H,1-2H3,(H,24,26)/b16-12-. The number of aryl methyl sites for hydroxylation is 1. The third kappa shape index (κ3) is 4.54. The summed E-state index contributed by atoms with van der Waals surface area (Å²) in [6, 6.07) is 16.3. The molecule has 1 heterocycles. The van der Waals surface area contributed by atoms with Crippen molar-refractivity contribution >= 4 is 23.4 Å². The Bertz CT molecular complexity index is 1190.